The SMILES string of the molecule is CC1CC(C(=O)O)CN(C(=O)NC2CCN(c3nccs3)CC2)C1. The van der Waals surface area contributed by atoms with E-state index in [1.807, 2.05) is 18.5 Å². The molecule has 2 aliphatic heterocycles. The fraction of sp³-hybridized carbons (Fsp3) is 0.688. The Morgan fingerprint density at radius 2 is 2.08 bits per heavy atom. The lowest BCUT2D eigenvalue weighted by Crippen LogP contribution is -2.53. The summed E-state index contributed by atoms with van der Waals surface area (Å²) in [4.78, 5) is 32.0. The highest BCUT2D eigenvalue weighted by Gasteiger charge is 2.33. The molecule has 2 unspecified atom stereocenters. The summed E-state index contributed by atoms with van der Waals surface area (Å²) in [6.07, 6.45) is 4.23. The normalized spacial score (nSPS) is 25.5. The number of piperidine rings is 2. The van der Waals surface area contributed by atoms with Gasteiger partial charge in [0.25, 0.3) is 0 Å². The van der Waals surface area contributed by atoms with Crippen molar-refractivity contribution in [3.8, 4) is 0 Å². The molecule has 2 saturated heterocycles. The zero-order valence-electron chi connectivity index (χ0n) is 13.9. The third-order valence-corrected chi connectivity index (χ3v) is 5.64. The summed E-state index contributed by atoms with van der Waals surface area (Å²) in [6.45, 7) is 4.71. The third kappa shape index (κ3) is 3.98. The number of carbonyl (C=O) groups is 2. The van der Waals surface area contributed by atoms with Crippen molar-refractivity contribution in [3.63, 3.8) is 0 Å². The summed E-state index contributed by atoms with van der Waals surface area (Å²) in [5.74, 6) is -1.04. The van der Waals surface area contributed by atoms with Gasteiger partial charge in [0.05, 0.1) is 5.92 Å². The summed E-state index contributed by atoms with van der Waals surface area (Å²) in [5, 5.41) is 15.3. The smallest absolute Gasteiger partial charge is 0.317 e. The molecule has 1 aromatic heterocycles. The molecule has 2 atom stereocenters. The number of nitrogens with zero attached hydrogens (tertiary/aromatic N) is 3. The van der Waals surface area contributed by atoms with Crippen molar-refractivity contribution < 1.29 is 14.7 Å². The van der Waals surface area contributed by atoms with Crippen LogP contribution in [0.1, 0.15) is 26.2 Å². The summed E-state index contributed by atoms with van der Waals surface area (Å²) in [7, 11) is 0. The molecule has 2 fully saturated rings. The van der Waals surface area contributed by atoms with Gasteiger partial charge in [-0.15, -0.1) is 11.3 Å². The lowest BCUT2D eigenvalue weighted by molar-refractivity contribution is -0.143. The predicted molar refractivity (Wildman–Crippen MR) is 92.4 cm³/mol. The van der Waals surface area contributed by atoms with Crippen LogP contribution < -0.4 is 10.2 Å². The molecule has 2 aliphatic rings. The quantitative estimate of drug-likeness (QED) is 0.867. The van der Waals surface area contributed by atoms with Gasteiger partial charge in [-0.3, -0.25) is 4.79 Å². The number of urea groups is 1. The average molecular weight is 352 g/mol. The highest BCUT2D eigenvalue weighted by atomic mass is 32.1. The second-order valence-electron chi connectivity index (χ2n) is 6.81. The van der Waals surface area contributed by atoms with E-state index >= 15 is 0 Å². The zero-order chi connectivity index (χ0) is 17.1. The zero-order valence-corrected chi connectivity index (χ0v) is 14.7. The average Bonchev–Trinajstić information content (AvgIpc) is 3.09. The minimum Gasteiger partial charge on any atom is -0.481 e. The van der Waals surface area contributed by atoms with Crippen molar-refractivity contribution in [1.82, 2.24) is 15.2 Å². The summed E-state index contributed by atoms with van der Waals surface area (Å²) >= 11 is 1.63. The topological polar surface area (TPSA) is 85.8 Å². The maximum absolute atomic E-state index is 12.5. The molecule has 0 aliphatic carbocycles. The van der Waals surface area contributed by atoms with E-state index in [1.165, 1.54) is 0 Å². The Morgan fingerprint density at radius 3 is 2.71 bits per heavy atom. The van der Waals surface area contributed by atoms with E-state index < -0.39 is 11.9 Å². The Balaban J connectivity index is 1.49. The van der Waals surface area contributed by atoms with E-state index in [2.05, 4.69) is 15.2 Å². The van der Waals surface area contributed by atoms with Crippen molar-refractivity contribution in [2.24, 2.45) is 11.8 Å². The highest BCUT2D eigenvalue weighted by Crippen LogP contribution is 2.24. The first-order chi connectivity index (χ1) is 11.5. The maximum Gasteiger partial charge on any atom is 0.317 e. The largest absolute Gasteiger partial charge is 0.481 e. The van der Waals surface area contributed by atoms with Gasteiger partial charge in [0.2, 0.25) is 0 Å². The molecule has 2 N–H and O–H groups in total. The summed E-state index contributed by atoms with van der Waals surface area (Å²) in [6, 6.07) is 0.0229. The van der Waals surface area contributed by atoms with E-state index in [0.717, 1.165) is 31.1 Å². The number of aliphatic carboxylic acids is 1. The van der Waals surface area contributed by atoms with Crippen molar-refractivity contribution in [2.45, 2.75) is 32.2 Å². The van der Waals surface area contributed by atoms with E-state index in [-0.39, 0.29) is 18.0 Å². The van der Waals surface area contributed by atoms with Crippen LogP contribution in [0.25, 0.3) is 0 Å². The molecule has 1 aromatic rings. The van der Waals surface area contributed by atoms with Gasteiger partial charge in [-0.05, 0) is 25.2 Å². The van der Waals surface area contributed by atoms with Gasteiger partial charge in [0, 0.05) is 43.8 Å². The number of thiazole rings is 1. The Kier molecular flexibility index (Phi) is 5.23. The van der Waals surface area contributed by atoms with Crippen molar-refractivity contribution >= 4 is 28.5 Å². The minimum atomic E-state index is -0.809. The van der Waals surface area contributed by atoms with E-state index in [9.17, 15) is 14.7 Å². The first kappa shape index (κ1) is 17.0. The van der Waals surface area contributed by atoms with Gasteiger partial charge in [-0.1, -0.05) is 6.92 Å². The number of anilines is 1. The second kappa shape index (κ2) is 7.38. The molecular weight excluding hydrogens is 328 g/mol. The van der Waals surface area contributed by atoms with E-state index in [0.29, 0.717) is 19.5 Å². The van der Waals surface area contributed by atoms with Crippen LogP contribution >= 0.6 is 11.3 Å². The van der Waals surface area contributed by atoms with E-state index in [1.54, 1.807) is 16.2 Å². The van der Waals surface area contributed by atoms with Gasteiger partial charge in [-0.25, -0.2) is 9.78 Å². The number of nitrogens with one attached hydrogen (secondary N) is 1. The van der Waals surface area contributed by atoms with Gasteiger partial charge < -0.3 is 20.2 Å². The van der Waals surface area contributed by atoms with Crippen molar-refractivity contribution in [1.29, 1.82) is 0 Å². The number of carbonyl (C=O) groups excluding carboxylic acids is 1. The standard InChI is InChI=1S/C16H24N4O3S/c1-11-8-12(14(21)22)10-20(9-11)15(23)18-13-2-5-19(6-3-13)16-17-4-7-24-16/h4,7,11-13H,2-3,5-6,8-10H2,1H3,(H,18,23)(H,21,22). The van der Waals surface area contributed by atoms with Crippen LogP contribution in [0, 0.1) is 11.8 Å². The molecule has 132 valence electrons. The van der Waals surface area contributed by atoms with Crippen LogP contribution in [0.5, 0.6) is 0 Å². The lowest BCUT2D eigenvalue weighted by Gasteiger charge is -2.37. The van der Waals surface area contributed by atoms with Gasteiger partial charge in [0.1, 0.15) is 0 Å². The monoisotopic (exact) mass is 352 g/mol. The number of carboxylic acid groups (broad SMARTS) is 1. The molecule has 3 heterocycles. The molecule has 0 saturated carbocycles. The Labute approximate surface area is 145 Å². The molecule has 24 heavy (non-hydrogen) atoms. The second-order valence-corrected chi connectivity index (χ2v) is 7.68. The van der Waals surface area contributed by atoms with Crippen LogP contribution in [-0.4, -0.2) is 59.2 Å². The van der Waals surface area contributed by atoms with E-state index in [4.69, 9.17) is 0 Å². The fourth-order valence-electron chi connectivity index (χ4n) is 3.55. The molecule has 2 amide bonds. The van der Waals surface area contributed by atoms with Crippen LogP contribution in [0.2, 0.25) is 0 Å². The molecular formula is C16H24N4O3S. The number of aromatic nitrogens is 1. The molecule has 3 rings (SSSR count). The number of hydrogen-bond acceptors (Lipinski definition) is 5. The Hall–Kier alpha value is -1.83. The summed E-state index contributed by atoms with van der Waals surface area (Å²) in [5.41, 5.74) is 0. The van der Waals surface area contributed by atoms with Crippen molar-refractivity contribution in [3.05, 3.63) is 11.6 Å². The molecule has 0 radical (unpaired) electrons. The lowest BCUT2D eigenvalue weighted by atomic mass is 9.91. The first-order valence-corrected chi connectivity index (χ1v) is 9.33. The number of likely N-dealkylation sites (tertiary alicyclic amines) is 1. The minimum absolute atomic E-state index is 0.125. The van der Waals surface area contributed by atoms with Crippen LogP contribution in [0.15, 0.2) is 11.6 Å². The molecule has 0 aromatic carbocycles. The molecule has 0 bridgehead atoms. The van der Waals surface area contributed by atoms with Crippen LogP contribution in [0.3, 0.4) is 0 Å². The predicted octanol–water partition coefficient (Wildman–Crippen LogP) is 1.86. The number of carboxylic acids is 1. The molecule has 8 heteroatoms. The number of hydrogen-bond donors (Lipinski definition) is 2. The first-order valence-electron chi connectivity index (χ1n) is 8.45. The number of rotatable bonds is 3. The maximum atomic E-state index is 12.5. The van der Waals surface area contributed by atoms with Gasteiger partial charge >= 0.3 is 12.0 Å². The van der Waals surface area contributed by atoms with Crippen LogP contribution in [-0.2, 0) is 4.79 Å². The third-order valence-electron chi connectivity index (χ3n) is 4.81. The Bertz CT molecular complexity index is 572. The highest BCUT2D eigenvalue weighted by molar-refractivity contribution is 7.13. The number of amides is 2. The molecule has 0 spiro atoms. The fourth-order valence-corrected chi connectivity index (χ4v) is 4.25. The summed E-state index contributed by atoms with van der Waals surface area (Å²) < 4.78 is 0. The molecule has 7 nitrogen and oxygen atoms in total. The Morgan fingerprint density at radius 1 is 1.33 bits per heavy atom. The van der Waals surface area contributed by atoms with Gasteiger partial charge in [0.15, 0.2) is 5.13 Å². The van der Waals surface area contributed by atoms with Gasteiger partial charge in [-0.2, -0.15) is 0 Å². The van der Waals surface area contributed by atoms with Crippen molar-refractivity contribution in [2.75, 3.05) is 31.1 Å². The van der Waals surface area contributed by atoms with Crippen LogP contribution in [0.4, 0.5) is 9.93 Å².